The van der Waals surface area contributed by atoms with E-state index in [0.717, 1.165) is 39.8 Å². The highest BCUT2D eigenvalue weighted by Gasteiger charge is 2.31. The van der Waals surface area contributed by atoms with Crippen molar-refractivity contribution < 1.29 is 17.2 Å². The summed E-state index contributed by atoms with van der Waals surface area (Å²) >= 11 is 3.10. The normalized spacial score (nSPS) is 12.9. The topological polar surface area (TPSA) is 106 Å². The van der Waals surface area contributed by atoms with Gasteiger partial charge in [0.05, 0.1) is 10.5 Å². The minimum Gasteiger partial charge on any atom is -0.283 e. The summed E-state index contributed by atoms with van der Waals surface area (Å²) in [6.07, 6.45) is 2.61. The van der Waals surface area contributed by atoms with Crippen LogP contribution in [0.4, 0.5) is 8.78 Å². The number of rotatable bonds is 4. The van der Waals surface area contributed by atoms with Gasteiger partial charge in [-0.25, -0.2) is 18.1 Å². The molecule has 3 aromatic rings. The van der Waals surface area contributed by atoms with E-state index in [4.69, 9.17) is 0 Å². The van der Waals surface area contributed by atoms with Crippen molar-refractivity contribution in [3.05, 3.63) is 61.2 Å². The number of hydrogen-bond acceptors (Lipinski definition) is 5. The van der Waals surface area contributed by atoms with Crippen LogP contribution in [0.1, 0.15) is 12.5 Å². The fourth-order valence-electron chi connectivity index (χ4n) is 2.92. The molecule has 1 aromatic carbocycles. The molecule has 2 heterocycles. The highest BCUT2D eigenvalue weighted by molar-refractivity contribution is 9.10. The molecular weight excluding hydrogens is 474 g/mol. The molecule has 0 saturated carbocycles. The standard InChI is InChI=1S/C17H15BrF2N4O4S/c1-4-7-17(19,20)9-5-6-10(11(8-9)29(3,27)28)12-13(25)15(26)23(2)24-14(12)21-16(18)22-24/h4-8H,1-3H3,(H,21,22). The maximum Gasteiger partial charge on any atom is 0.314 e. The lowest BCUT2D eigenvalue weighted by Crippen LogP contribution is -2.38. The van der Waals surface area contributed by atoms with Gasteiger partial charge in [-0.2, -0.15) is 13.4 Å². The highest BCUT2D eigenvalue weighted by Crippen LogP contribution is 2.35. The van der Waals surface area contributed by atoms with Gasteiger partial charge in [-0.15, -0.1) is 0 Å². The molecule has 0 saturated heterocycles. The second-order valence-electron chi connectivity index (χ2n) is 6.29. The predicted molar refractivity (Wildman–Crippen MR) is 106 cm³/mol. The van der Waals surface area contributed by atoms with Crippen LogP contribution < -0.4 is 11.0 Å². The summed E-state index contributed by atoms with van der Waals surface area (Å²) in [4.78, 5) is 28.6. The van der Waals surface area contributed by atoms with Crippen LogP contribution in [0.15, 0.2) is 49.6 Å². The molecule has 0 radical (unpaired) electrons. The lowest BCUT2D eigenvalue weighted by Gasteiger charge is -2.16. The van der Waals surface area contributed by atoms with Crippen LogP contribution in [0.3, 0.4) is 0 Å². The molecule has 0 amide bonds. The van der Waals surface area contributed by atoms with E-state index in [1.165, 1.54) is 14.0 Å². The van der Waals surface area contributed by atoms with Crippen LogP contribution in [-0.2, 0) is 22.8 Å². The summed E-state index contributed by atoms with van der Waals surface area (Å²) < 4.78 is 55.6. The summed E-state index contributed by atoms with van der Waals surface area (Å²) in [7, 11) is -2.72. The molecule has 3 rings (SSSR count). The fraction of sp³-hybridized carbons (Fsp3) is 0.235. The van der Waals surface area contributed by atoms with E-state index < -0.39 is 37.2 Å². The summed E-state index contributed by atoms with van der Waals surface area (Å²) in [5.74, 6) is -3.42. The molecule has 0 unspecified atom stereocenters. The van der Waals surface area contributed by atoms with E-state index in [0.29, 0.717) is 6.08 Å². The van der Waals surface area contributed by atoms with Crippen molar-refractivity contribution in [3.8, 4) is 11.1 Å². The van der Waals surface area contributed by atoms with E-state index in [2.05, 4.69) is 26.0 Å². The zero-order chi connectivity index (χ0) is 21.7. The molecule has 0 spiro atoms. The number of aromatic amines is 1. The molecule has 0 aliphatic rings. The number of alkyl halides is 2. The number of hydrogen-bond donors (Lipinski definition) is 1. The van der Waals surface area contributed by atoms with E-state index in [-0.39, 0.29) is 21.5 Å². The van der Waals surface area contributed by atoms with Gasteiger partial charge in [-0.3, -0.25) is 14.7 Å². The van der Waals surface area contributed by atoms with Gasteiger partial charge in [-0.05, 0) is 35.0 Å². The first-order valence-electron chi connectivity index (χ1n) is 8.12. The van der Waals surface area contributed by atoms with Crippen molar-refractivity contribution in [1.29, 1.82) is 0 Å². The third-order valence-electron chi connectivity index (χ3n) is 4.25. The molecule has 0 fully saturated rings. The van der Waals surface area contributed by atoms with Gasteiger partial charge < -0.3 is 0 Å². The highest BCUT2D eigenvalue weighted by atomic mass is 79.9. The number of fused-ring (bicyclic) bond motifs is 1. The monoisotopic (exact) mass is 488 g/mol. The zero-order valence-corrected chi connectivity index (χ0v) is 17.8. The van der Waals surface area contributed by atoms with E-state index in [9.17, 15) is 26.8 Å². The maximum absolute atomic E-state index is 14.3. The van der Waals surface area contributed by atoms with Crippen LogP contribution in [0.2, 0.25) is 0 Å². The van der Waals surface area contributed by atoms with Crippen molar-refractivity contribution in [2.75, 3.05) is 6.26 Å². The molecule has 0 aliphatic carbocycles. The molecule has 2 aromatic heterocycles. The third kappa shape index (κ3) is 3.57. The van der Waals surface area contributed by atoms with Crippen molar-refractivity contribution >= 4 is 31.4 Å². The van der Waals surface area contributed by atoms with Crippen LogP contribution >= 0.6 is 15.9 Å². The Morgan fingerprint density at radius 2 is 1.93 bits per heavy atom. The molecule has 154 valence electrons. The van der Waals surface area contributed by atoms with Crippen molar-refractivity contribution in [2.24, 2.45) is 7.05 Å². The molecule has 0 aliphatic heterocycles. The minimum absolute atomic E-state index is 0.0400. The average Bonchev–Trinajstić information content (AvgIpc) is 3.00. The van der Waals surface area contributed by atoms with E-state index in [1.54, 1.807) is 0 Å². The predicted octanol–water partition coefficient (Wildman–Crippen LogP) is 2.22. The number of allylic oxidation sites excluding steroid dienone is 2. The fourth-order valence-corrected chi connectivity index (χ4v) is 4.17. The Labute approximate surface area is 171 Å². The van der Waals surface area contributed by atoms with Gasteiger partial charge in [0.15, 0.2) is 20.2 Å². The summed E-state index contributed by atoms with van der Waals surface area (Å²) in [5, 5.41) is 2.68. The lowest BCUT2D eigenvalue weighted by atomic mass is 10.0. The number of halogens is 3. The van der Waals surface area contributed by atoms with Crippen molar-refractivity contribution in [3.63, 3.8) is 0 Å². The van der Waals surface area contributed by atoms with Crippen LogP contribution in [0, 0.1) is 0 Å². The number of H-pyrrole nitrogens is 1. The molecule has 1 N–H and O–H groups in total. The van der Waals surface area contributed by atoms with E-state index >= 15 is 0 Å². The number of aryl methyl sites for hydroxylation is 1. The number of benzene rings is 1. The molecule has 8 nitrogen and oxygen atoms in total. The van der Waals surface area contributed by atoms with Gasteiger partial charge in [0.1, 0.15) is 0 Å². The molecule has 0 atom stereocenters. The van der Waals surface area contributed by atoms with Gasteiger partial charge in [-0.1, -0.05) is 18.2 Å². The second kappa shape index (κ2) is 7.02. The molecular formula is C17H15BrF2N4O4S. The molecule has 12 heteroatoms. The first-order chi connectivity index (χ1) is 13.4. The minimum atomic E-state index is -4.05. The third-order valence-corrected chi connectivity index (χ3v) is 5.74. The Hall–Kier alpha value is -2.60. The maximum atomic E-state index is 14.3. The second-order valence-corrected chi connectivity index (χ2v) is 9.02. The van der Waals surface area contributed by atoms with Gasteiger partial charge >= 0.3 is 5.56 Å². The smallest absolute Gasteiger partial charge is 0.283 e. The number of aromatic nitrogens is 4. The van der Waals surface area contributed by atoms with Gasteiger partial charge in [0.2, 0.25) is 0 Å². The Kier molecular flexibility index (Phi) is 5.11. The quantitative estimate of drug-likeness (QED) is 0.447. The van der Waals surface area contributed by atoms with Crippen molar-refractivity contribution in [1.82, 2.24) is 19.4 Å². The largest absolute Gasteiger partial charge is 0.314 e. The number of nitrogens with zero attached hydrogens (tertiary/aromatic N) is 3. The first kappa shape index (κ1) is 21.1. The zero-order valence-electron chi connectivity index (χ0n) is 15.4. The molecule has 29 heavy (non-hydrogen) atoms. The van der Waals surface area contributed by atoms with Gasteiger partial charge in [0.25, 0.3) is 11.4 Å². The summed E-state index contributed by atoms with van der Waals surface area (Å²) in [6.45, 7) is 1.41. The Balaban J connectivity index is 2.48. The van der Waals surface area contributed by atoms with Crippen molar-refractivity contribution in [2.45, 2.75) is 17.7 Å². The Morgan fingerprint density at radius 1 is 1.28 bits per heavy atom. The SMILES string of the molecule is CC=CC(F)(F)c1ccc(-c2c(=O)c(=O)n(C)n3[nH]c(Br)nc23)c(S(C)(=O)=O)c1. The summed E-state index contributed by atoms with van der Waals surface area (Å²) in [6, 6.07) is 2.90. The first-order valence-corrected chi connectivity index (χ1v) is 10.8. The van der Waals surface area contributed by atoms with Gasteiger partial charge in [0, 0.05) is 24.4 Å². The Morgan fingerprint density at radius 3 is 2.52 bits per heavy atom. The lowest BCUT2D eigenvalue weighted by molar-refractivity contribution is 0.0518. The number of nitrogens with one attached hydrogen (secondary N) is 1. The number of sulfone groups is 1. The summed E-state index contributed by atoms with van der Waals surface area (Å²) in [5.41, 5.74) is -3.06. The van der Waals surface area contributed by atoms with Crippen LogP contribution in [0.5, 0.6) is 0 Å². The van der Waals surface area contributed by atoms with Crippen LogP contribution in [0.25, 0.3) is 16.8 Å². The molecule has 0 bridgehead atoms. The van der Waals surface area contributed by atoms with Crippen LogP contribution in [-0.4, -0.2) is 34.1 Å². The Bertz CT molecular complexity index is 1390. The average molecular weight is 489 g/mol. The van der Waals surface area contributed by atoms with E-state index in [1.807, 2.05) is 0 Å².